The zero-order valence-corrected chi connectivity index (χ0v) is 7.93. The van der Waals surface area contributed by atoms with Gasteiger partial charge in [0.1, 0.15) is 5.75 Å². The third kappa shape index (κ3) is 1.30. The van der Waals surface area contributed by atoms with Gasteiger partial charge in [-0.1, -0.05) is 6.07 Å². The standard InChI is InChI=1S/C10H9F3O2/c1-15-7-2-3-8-6(4-7)5-9(8,14)10(11,12)13/h2-4,14H,5H2,1H3. The van der Waals surface area contributed by atoms with Crippen LogP contribution in [0.15, 0.2) is 18.2 Å². The van der Waals surface area contributed by atoms with Crippen LogP contribution in [0, 0.1) is 0 Å². The van der Waals surface area contributed by atoms with Gasteiger partial charge in [0.25, 0.3) is 0 Å². The quantitative estimate of drug-likeness (QED) is 0.781. The first-order valence-corrected chi connectivity index (χ1v) is 4.35. The van der Waals surface area contributed by atoms with Crippen molar-refractivity contribution < 1.29 is 23.0 Å². The molecule has 15 heavy (non-hydrogen) atoms. The average molecular weight is 218 g/mol. The number of aliphatic hydroxyl groups is 1. The van der Waals surface area contributed by atoms with Crippen molar-refractivity contribution in [3.8, 4) is 5.75 Å². The Hall–Kier alpha value is -1.23. The highest BCUT2D eigenvalue weighted by atomic mass is 19.4. The number of methoxy groups -OCH3 is 1. The summed E-state index contributed by atoms with van der Waals surface area (Å²) < 4.78 is 42.3. The number of halogens is 3. The molecule has 5 heteroatoms. The van der Waals surface area contributed by atoms with Crippen molar-refractivity contribution >= 4 is 0 Å². The van der Waals surface area contributed by atoms with Gasteiger partial charge >= 0.3 is 6.18 Å². The van der Waals surface area contributed by atoms with E-state index in [2.05, 4.69) is 0 Å². The molecule has 0 fully saturated rings. The second kappa shape index (κ2) is 2.88. The van der Waals surface area contributed by atoms with Crippen molar-refractivity contribution in [3.63, 3.8) is 0 Å². The summed E-state index contributed by atoms with van der Waals surface area (Å²) in [7, 11) is 1.44. The van der Waals surface area contributed by atoms with E-state index in [4.69, 9.17) is 4.74 Å². The molecule has 1 N–H and O–H groups in total. The maximum absolute atomic E-state index is 12.5. The van der Waals surface area contributed by atoms with Crippen LogP contribution < -0.4 is 4.74 Å². The Morgan fingerprint density at radius 2 is 2.07 bits per heavy atom. The van der Waals surface area contributed by atoms with Crippen molar-refractivity contribution in [2.45, 2.75) is 18.2 Å². The maximum atomic E-state index is 12.5. The molecule has 0 spiro atoms. The third-order valence-corrected chi connectivity index (χ3v) is 2.67. The monoisotopic (exact) mass is 218 g/mol. The van der Waals surface area contributed by atoms with E-state index in [-0.39, 0.29) is 5.56 Å². The SMILES string of the molecule is COc1ccc2c(c1)CC2(O)C(F)(F)F. The highest BCUT2D eigenvalue weighted by Gasteiger charge is 2.60. The van der Waals surface area contributed by atoms with Crippen molar-refractivity contribution in [1.29, 1.82) is 0 Å². The van der Waals surface area contributed by atoms with E-state index in [9.17, 15) is 18.3 Å². The van der Waals surface area contributed by atoms with E-state index >= 15 is 0 Å². The predicted octanol–water partition coefficient (Wildman–Crippen LogP) is 2.00. The number of ether oxygens (including phenoxy) is 1. The molecule has 0 aromatic heterocycles. The van der Waals surface area contributed by atoms with E-state index in [1.54, 1.807) is 0 Å². The molecule has 0 saturated carbocycles. The van der Waals surface area contributed by atoms with Crippen molar-refractivity contribution in [2.75, 3.05) is 7.11 Å². The third-order valence-electron chi connectivity index (χ3n) is 2.67. The highest BCUT2D eigenvalue weighted by Crippen LogP contribution is 2.50. The van der Waals surface area contributed by atoms with Crippen LogP contribution in [-0.4, -0.2) is 18.4 Å². The first-order chi connectivity index (χ1) is 6.88. The Kier molecular flexibility index (Phi) is 1.98. The fourth-order valence-corrected chi connectivity index (χ4v) is 1.76. The summed E-state index contributed by atoms with van der Waals surface area (Å²) in [5.74, 6) is 0.498. The number of alkyl halides is 3. The molecule has 2 rings (SSSR count). The van der Waals surface area contributed by atoms with Gasteiger partial charge < -0.3 is 9.84 Å². The van der Waals surface area contributed by atoms with Gasteiger partial charge in [-0.25, -0.2) is 0 Å². The molecule has 1 atom stereocenters. The summed E-state index contributed by atoms with van der Waals surface area (Å²) in [6, 6.07) is 4.18. The lowest BCUT2D eigenvalue weighted by molar-refractivity contribution is -0.275. The molecular weight excluding hydrogens is 209 g/mol. The topological polar surface area (TPSA) is 29.5 Å². The van der Waals surface area contributed by atoms with Crippen LogP contribution in [-0.2, 0) is 12.0 Å². The predicted molar refractivity (Wildman–Crippen MR) is 46.6 cm³/mol. The molecule has 0 radical (unpaired) electrons. The number of hydrogen-bond donors (Lipinski definition) is 1. The van der Waals surface area contributed by atoms with Crippen LogP contribution in [0.1, 0.15) is 11.1 Å². The van der Waals surface area contributed by atoms with Crippen molar-refractivity contribution in [3.05, 3.63) is 29.3 Å². The van der Waals surface area contributed by atoms with Gasteiger partial charge in [-0.2, -0.15) is 13.2 Å². The molecule has 82 valence electrons. The van der Waals surface area contributed by atoms with E-state index in [0.717, 1.165) is 0 Å². The molecule has 0 aliphatic heterocycles. The summed E-state index contributed by atoms with van der Waals surface area (Å²) in [6.07, 6.45) is -5.02. The van der Waals surface area contributed by atoms with Gasteiger partial charge in [0.05, 0.1) is 7.11 Å². The molecule has 2 nitrogen and oxygen atoms in total. The van der Waals surface area contributed by atoms with Gasteiger partial charge in [0, 0.05) is 6.42 Å². The van der Waals surface area contributed by atoms with Crippen LogP contribution in [0.2, 0.25) is 0 Å². The van der Waals surface area contributed by atoms with Gasteiger partial charge in [-0.05, 0) is 23.3 Å². The van der Waals surface area contributed by atoms with Crippen LogP contribution in [0.4, 0.5) is 13.2 Å². The van der Waals surface area contributed by atoms with E-state index in [1.807, 2.05) is 0 Å². The largest absolute Gasteiger partial charge is 0.497 e. The molecule has 0 bridgehead atoms. The highest BCUT2D eigenvalue weighted by molar-refractivity contribution is 5.48. The molecule has 1 unspecified atom stereocenters. The summed E-state index contributed by atoms with van der Waals surface area (Å²) in [6.45, 7) is 0. The summed E-state index contributed by atoms with van der Waals surface area (Å²) >= 11 is 0. The van der Waals surface area contributed by atoms with Crippen molar-refractivity contribution in [2.24, 2.45) is 0 Å². The number of rotatable bonds is 1. The number of fused-ring (bicyclic) bond motifs is 1. The van der Waals surface area contributed by atoms with Gasteiger partial charge in [-0.15, -0.1) is 0 Å². The molecule has 1 aromatic carbocycles. The molecular formula is C10H9F3O2. The minimum Gasteiger partial charge on any atom is -0.497 e. The average Bonchev–Trinajstić information content (AvgIpc) is 2.13. The minimum absolute atomic E-state index is 0.0733. The van der Waals surface area contributed by atoms with Gasteiger partial charge in [-0.3, -0.25) is 0 Å². The molecule has 1 aromatic rings. The smallest absolute Gasteiger partial charge is 0.421 e. The normalized spacial score (nSPS) is 24.3. The Balaban J connectivity index is 2.40. The molecule has 0 saturated heterocycles. The zero-order chi connectivity index (χ0) is 11.3. The van der Waals surface area contributed by atoms with Crippen molar-refractivity contribution in [1.82, 2.24) is 0 Å². The first kappa shape index (κ1) is 10.3. The Morgan fingerprint density at radius 1 is 1.40 bits per heavy atom. The lowest BCUT2D eigenvalue weighted by Gasteiger charge is -2.40. The minimum atomic E-state index is -4.62. The lowest BCUT2D eigenvalue weighted by atomic mass is 9.73. The van der Waals surface area contributed by atoms with Gasteiger partial charge in [0.15, 0.2) is 5.60 Å². The molecule has 0 heterocycles. The van der Waals surface area contributed by atoms with E-state index < -0.39 is 18.2 Å². The maximum Gasteiger partial charge on any atom is 0.421 e. The number of hydrogen-bond acceptors (Lipinski definition) is 2. The van der Waals surface area contributed by atoms with Crippen LogP contribution >= 0.6 is 0 Å². The fourth-order valence-electron chi connectivity index (χ4n) is 1.76. The zero-order valence-electron chi connectivity index (χ0n) is 7.93. The second-order valence-electron chi connectivity index (χ2n) is 3.56. The van der Waals surface area contributed by atoms with Crippen LogP contribution in [0.3, 0.4) is 0 Å². The van der Waals surface area contributed by atoms with Crippen LogP contribution in [0.5, 0.6) is 5.75 Å². The Morgan fingerprint density at radius 3 is 2.53 bits per heavy atom. The second-order valence-corrected chi connectivity index (χ2v) is 3.56. The van der Waals surface area contributed by atoms with E-state index in [1.165, 1.54) is 25.3 Å². The molecule has 1 aliphatic rings. The summed E-state index contributed by atoms with van der Waals surface area (Å²) in [5.41, 5.74) is -2.26. The summed E-state index contributed by atoms with van der Waals surface area (Å²) in [4.78, 5) is 0. The molecule has 0 amide bonds. The Bertz CT molecular complexity index is 400. The van der Waals surface area contributed by atoms with Crippen LogP contribution in [0.25, 0.3) is 0 Å². The lowest BCUT2D eigenvalue weighted by Crippen LogP contribution is -2.51. The number of benzene rings is 1. The molecule has 1 aliphatic carbocycles. The first-order valence-electron chi connectivity index (χ1n) is 4.35. The fraction of sp³-hybridized carbons (Fsp3) is 0.400. The summed E-state index contributed by atoms with van der Waals surface area (Å²) in [5, 5.41) is 9.40. The van der Waals surface area contributed by atoms with Gasteiger partial charge in [0.2, 0.25) is 0 Å². The Labute approximate surface area is 84.3 Å². The van der Waals surface area contributed by atoms with E-state index in [0.29, 0.717) is 11.3 Å².